The van der Waals surface area contributed by atoms with Gasteiger partial charge in [0.25, 0.3) is 0 Å². The van der Waals surface area contributed by atoms with Gasteiger partial charge in [-0.05, 0) is 50.4 Å². The summed E-state index contributed by atoms with van der Waals surface area (Å²) < 4.78 is 5.64. The summed E-state index contributed by atoms with van der Waals surface area (Å²) in [5.41, 5.74) is 8.56. The van der Waals surface area contributed by atoms with E-state index >= 15 is 0 Å². The third kappa shape index (κ3) is 4.93. The molecule has 0 unspecified atom stereocenters. The number of likely N-dealkylation sites (tertiary alicyclic amines) is 1. The lowest BCUT2D eigenvalue weighted by atomic mass is 9.80. The van der Waals surface area contributed by atoms with E-state index in [0.717, 1.165) is 73.1 Å². The SMILES string of the molecule is Cc1sc(N2CCN(C)CC2)nc1-c1ccc(C(N)=O)c([C@@H](C(=O)N2C[C@H](Cl)[C@H]3OCC(=O)[C@H]32)C2CCCC2)c1. The van der Waals surface area contributed by atoms with Crippen LogP contribution in [-0.4, -0.2) is 96.3 Å². The summed E-state index contributed by atoms with van der Waals surface area (Å²) in [4.78, 5) is 52.2. The second-order valence-electron chi connectivity index (χ2n) is 11.6. The van der Waals surface area contributed by atoms with E-state index in [1.165, 1.54) is 0 Å². The molecule has 9 nitrogen and oxygen atoms in total. The number of benzene rings is 1. The number of aryl methyl sites for hydroxylation is 1. The van der Waals surface area contributed by atoms with Crippen LogP contribution in [0.25, 0.3) is 11.3 Å². The molecule has 3 saturated heterocycles. The van der Waals surface area contributed by atoms with Gasteiger partial charge in [0.05, 0.1) is 17.0 Å². The second kappa shape index (κ2) is 11.0. The first-order valence-corrected chi connectivity index (χ1v) is 15.4. The maximum atomic E-state index is 14.4. The number of amides is 2. The van der Waals surface area contributed by atoms with Crippen molar-refractivity contribution in [1.29, 1.82) is 0 Å². The van der Waals surface area contributed by atoms with Crippen molar-refractivity contribution in [3.63, 3.8) is 0 Å². The molecule has 11 heteroatoms. The Bertz CT molecular complexity index is 1320. The van der Waals surface area contributed by atoms with Gasteiger partial charge in [-0.1, -0.05) is 18.9 Å². The highest BCUT2D eigenvalue weighted by Crippen LogP contribution is 2.44. The molecule has 0 spiro atoms. The van der Waals surface area contributed by atoms with Crippen LogP contribution in [0.2, 0.25) is 0 Å². The first-order valence-electron chi connectivity index (χ1n) is 14.2. The van der Waals surface area contributed by atoms with E-state index in [-0.39, 0.29) is 30.8 Å². The number of carbonyl (C=O) groups excluding carboxylic acids is 3. The summed E-state index contributed by atoms with van der Waals surface area (Å²) in [7, 11) is 2.13. The molecule has 2 N–H and O–H groups in total. The topological polar surface area (TPSA) is 109 Å². The molecule has 40 heavy (non-hydrogen) atoms. The van der Waals surface area contributed by atoms with Crippen LogP contribution < -0.4 is 10.6 Å². The third-order valence-corrected chi connectivity index (χ3v) is 10.4. The molecular weight excluding hydrogens is 550 g/mol. The number of fused-ring (bicyclic) bond motifs is 1. The number of hydrogen-bond donors (Lipinski definition) is 1. The Morgan fingerprint density at radius 1 is 1.18 bits per heavy atom. The lowest BCUT2D eigenvalue weighted by Crippen LogP contribution is -2.45. The average Bonchev–Trinajstić information content (AvgIpc) is 3.72. The number of thiazole rings is 1. The van der Waals surface area contributed by atoms with Crippen molar-refractivity contribution < 1.29 is 19.1 Å². The highest BCUT2D eigenvalue weighted by Gasteiger charge is 2.53. The number of nitrogens with two attached hydrogens (primary N) is 1. The monoisotopic (exact) mass is 585 g/mol. The van der Waals surface area contributed by atoms with E-state index in [9.17, 15) is 14.4 Å². The van der Waals surface area contributed by atoms with Crippen LogP contribution in [0.1, 0.15) is 52.4 Å². The minimum Gasteiger partial charge on any atom is -0.366 e. The summed E-state index contributed by atoms with van der Waals surface area (Å²) in [6, 6.07) is 4.88. The summed E-state index contributed by atoms with van der Waals surface area (Å²) in [5, 5.41) is 0.540. The number of ketones is 1. The standard InChI is InChI=1S/C29H36ClN5O4S/c1-16-24(32-29(40-16)34-11-9-33(2)10-12-34)18-7-8-19(27(31)37)20(13-18)23(17-5-3-4-6-17)28(38)35-14-21(30)26-25(35)22(36)15-39-26/h7-8,13,17,21,23,25-26H,3-6,9-12,14-15H2,1-2H3,(H2,31,37)/t21-,23-,25+,26+/m0/s1. The number of primary amides is 1. The van der Waals surface area contributed by atoms with E-state index < -0.39 is 29.3 Å². The number of Topliss-reactive ketones (excluding diaryl/α,β-unsaturated/α-hetero) is 1. The van der Waals surface area contributed by atoms with Crippen molar-refractivity contribution in [3.8, 4) is 11.3 Å². The van der Waals surface area contributed by atoms with Crippen LogP contribution >= 0.6 is 22.9 Å². The summed E-state index contributed by atoms with van der Waals surface area (Å²) in [6.07, 6.45) is 3.30. The van der Waals surface area contributed by atoms with Crippen LogP contribution in [0.15, 0.2) is 18.2 Å². The lowest BCUT2D eigenvalue weighted by molar-refractivity contribution is -0.138. The van der Waals surface area contributed by atoms with Crippen molar-refractivity contribution in [2.24, 2.45) is 11.7 Å². The van der Waals surface area contributed by atoms with E-state index in [0.29, 0.717) is 11.1 Å². The minimum atomic E-state index is -0.675. The predicted octanol–water partition coefficient (Wildman–Crippen LogP) is 3.03. The van der Waals surface area contributed by atoms with Gasteiger partial charge in [0, 0.05) is 48.7 Å². The average molecular weight is 586 g/mol. The molecule has 2 aromatic rings. The van der Waals surface area contributed by atoms with E-state index in [2.05, 4.69) is 23.8 Å². The zero-order valence-electron chi connectivity index (χ0n) is 23.0. The Morgan fingerprint density at radius 3 is 2.60 bits per heavy atom. The van der Waals surface area contributed by atoms with Gasteiger partial charge in [-0.25, -0.2) is 4.98 Å². The van der Waals surface area contributed by atoms with E-state index in [1.54, 1.807) is 22.3 Å². The molecule has 4 heterocycles. The van der Waals surface area contributed by atoms with E-state index in [4.69, 9.17) is 27.1 Å². The fourth-order valence-corrected chi connectivity index (χ4v) is 8.20. The molecule has 1 aliphatic carbocycles. The first kappa shape index (κ1) is 27.6. The molecule has 214 valence electrons. The van der Waals surface area contributed by atoms with Gasteiger partial charge < -0.3 is 25.2 Å². The number of piperazine rings is 1. The molecule has 1 aromatic heterocycles. The second-order valence-corrected chi connectivity index (χ2v) is 13.3. The predicted molar refractivity (Wildman–Crippen MR) is 155 cm³/mol. The van der Waals surface area contributed by atoms with Crippen molar-refractivity contribution in [3.05, 3.63) is 34.2 Å². The van der Waals surface area contributed by atoms with Crippen molar-refractivity contribution >= 4 is 45.7 Å². The van der Waals surface area contributed by atoms with Crippen LogP contribution in [0.5, 0.6) is 0 Å². The smallest absolute Gasteiger partial charge is 0.249 e. The highest BCUT2D eigenvalue weighted by molar-refractivity contribution is 7.16. The van der Waals surface area contributed by atoms with Gasteiger partial charge >= 0.3 is 0 Å². The van der Waals surface area contributed by atoms with Crippen molar-refractivity contribution in [2.45, 2.75) is 56.0 Å². The largest absolute Gasteiger partial charge is 0.366 e. The highest BCUT2D eigenvalue weighted by atomic mass is 35.5. The van der Waals surface area contributed by atoms with Crippen molar-refractivity contribution in [1.82, 2.24) is 14.8 Å². The van der Waals surface area contributed by atoms with Gasteiger partial charge in [-0.2, -0.15) is 0 Å². The fraction of sp³-hybridized carbons (Fsp3) is 0.586. The van der Waals surface area contributed by atoms with E-state index in [1.807, 2.05) is 12.1 Å². The van der Waals surface area contributed by atoms with Crippen LogP contribution in [0.3, 0.4) is 0 Å². The molecule has 4 atom stereocenters. The summed E-state index contributed by atoms with van der Waals surface area (Å²) in [6.45, 7) is 6.11. The lowest BCUT2D eigenvalue weighted by Gasteiger charge is -2.32. The Kier molecular flexibility index (Phi) is 7.63. The van der Waals surface area contributed by atoms with Gasteiger partial charge in [-0.3, -0.25) is 14.4 Å². The minimum absolute atomic E-state index is 0.0306. The molecule has 3 aliphatic heterocycles. The van der Waals surface area contributed by atoms with Gasteiger partial charge in [0.15, 0.2) is 10.9 Å². The summed E-state index contributed by atoms with van der Waals surface area (Å²) in [5.74, 6) is -1.41. The number of likely N-dealkylation sites (N-methyl/N-ethyl adjacent to an activating group) is 1. The maximum Gasteiger partial charge on any atom is 0.249 e. The maximum absolute atomic E-state index is 14.4. The van der Waals surface area contributed by atoms with Gasteiger partial charge in [0.2, 0.25) is 11.8 Å². The quantitative estimate of drug-likeness (QED) is 0.519. The molecule has 0 radical (unpaired) electrons. The molecule has 6 rings (SSSR count). The molecular formula is C29H36ClN5O4S. The molecule has 2 amide bonds. The Hall–Kier alpha value is -2.53. The number of anilines is 1. The molecule has 1 aromatic carbocycles. The van der Waals surface area contributed by atoms with Crippen LogP contribution in [0, 0.1) is 12.8 Å². The van der Waals surface area contributed by atoms with Crippen LogP contribution in [-0.2, 0) is 14.3 Å². The third-order valence-electron chi connectivity index (χ3n) is 9.03. The molecule has 4 aliphatic rings. The van der Waals surface area contributed by atoms with Gasteiger partial charge in [0.1, 0.15) is 18.8 Å². The molecule has 4 fully saturated rings. The number of alkyl halides is 1. The Labute approximate surface area is 243 Å². The summed E-state index contributed by atoms with van der Waals surface area (Å²) >= 11 is 8.22. The normalized spacial score (nSPS) is 26.5. The number of carbonyl (C=O) groups is 3. The fourth-order valence-electron chi connectivity index (χ4n) is 6.86. The number of nitrogens with zero attached hydrogens (tertiary/aromatic N) is 4. The van der Waals surface area contributed by atoms with Gasteiger partial charge in [-0.15, -0.1) is 22.9 Å². The number of halogens is 1. The van der Waals surface area contributed by atoms with Crippen LogP contribution in [0.4, 0.5) is 5.13 Å². The first-order chi connectivity index (χ1) is 19.2. The van der Waals surface area contributed by atoms with Crippen molar-refractivity contribution in [2.75, 3.05) is 51.3 Å². The Balaban J connectivity index is 1.39. The molecule has 1 saturated carbocycles. The number of ether oxygens (including phenoxy) is 1. The number of rotatable bonds is 6. The zero-order valence-corrected chi connectivity index (χ0v) is 24.5. The zero-order chi connectivity index (χ0) is 28.1. The Morgan fingerprint density at radius 2 is 1.90 bits per heavy atom. The number of aromatic nitrogens is 1. The number of hydrogen-bond acceptors (Lipinski definition) is 8. The molecule has 0 bridgehead atoms.